The van der Waals surface area contributed by atoms with Gasteiger partial charge in [-0.3, -0.25) is 9.69 Å². The summed E-state index contributed by atoms with van der Waals surface area (Å²) in [5.74, 6) is 0.225. The van der Waals surface area contributed by atoms with E-state index in [0.717, 1.165) is 43.7 Å². The molecule has 1 heterocycles. The Hall–Kier alpha value is -2.13. The summed E-state index contributed by atoms with van der Waals surface area (Å²) in [6.07, 6.45) is 2.06. The van der Waals surface area contributed by atoms with Crippen molar-refractivity contribution in [1.82, 2.24) is 4.90 Å². The van der Waals surface area contributed by atoms with E-state index >= 15 is 0 Å². The molecule has 0 aliphatic carbocycles. The average molecular weight is 322 g/mol. The maximum atomic E-state index is 12.7. The van der Waals surface area contributed by atoms with Gasteiger partial charge in [0.2, 0.25) is 5.91 Å². The third-order valence-corrected chi connectivity index (χ3v) is 4.77. The largest absolute Gasteiger partial charge is 0.326 e. The van der Waals surface area contributed by atoms with Crippen LogP contribution in [0.5, 0.6) is 0 Å². The number of carbonyl (C=O) groups excluding carboxylic acids is 1. The minimum atomic E-state index is 0.0724. The van der Waals surface area contributed by atoms with Crippen LogP contribution >= 0.6 is 0 Å². The van der Waals surface area contributed by atoms with Gasteiger partial charge in [-0.2, -0.15) is 0 Å². The number of nitrogens with zero attached hydrogens (tertiary/aromatic N) is 1. The molecule has 2 aromatic carbocycles. The molecular weight excluding hydrogens is 296 g/mol. The van der Waals surface area contributed by atoms with Gasteiger partial charge in [-0.25, -0.2) is 0 Å². The number of likely N-dealkylation sites (tertiary alicyclic amines) is 1. The van der Waals surface area contributed by atoms with E-state index < -0.39 is 0 Å². The predicted molar refractivity (Wildman–Crippen MR) is 99.0 cm³/mol. The fourth-order valence-corrected chi connectivity index (χ4v) is 3.44. The van der Waals surface area contributed by atoms with Crippen LogP contribution in [-0.2, 0) is 11.3 Å². The number of amides is 1. The number of anilines is 1. The highest BCUT2D eigenvalue weighted by Gasteiger charge is 2.26. The number of benzene rings is 2. The number of rotatable bonds is 4. The molecule has 0 saturated carbocycles. The van der Waals surface area contributed by atoms with Crippen molar-refractivity contribution in [3.63, 3.8) is 0 Å². The van der Waals surface area contributed by atoms with E-state index in [1.165, 1.54) is 11.1 Å². The average Bonchev–Trinajstić information content (AvgIpc) is 2.58. The predicted octanol–water partition coefficient (Wildman–Crippen LogP) is 4.15. The van der Waals surface area contributed by atoms with Gasteiger partial charge in [0.05, 0.1) is 5.92 Å². The Morgan fingerprint density at radius 3 is 2.71 bits per heavy atom. The summed E-state index contributed by atoms with van der Waals surface area (Å²) < 4.78 is 0. The fourth-order valence-electron chi connectivity index (χ4n) is 3.44. The van der Waals surface area contributed by atoms with Crippen LogP contribution in [0.2, 0.25) is 0 Å². The Kier molecular flexibility index (Phi) is 5.31. The van der Waals surface area contributed by atoms with Crippen molar-refractivity contribution in [1.29, 1.82) is 0 Å². The Balaban J connectivity index is 1.60. The summed E-state index contributed by atoms with van der Waals surface area (Å²) in [6.45, 7) is 6.95. The number of hydrogen-bond donors (Lipinski definition) is 1. The molecule has 0 aromatic heterocycles. The van der Waals surface area contributed by atoms with Crippen molar-refractivity contribution in [3.8, 4) is 0 Å². The molecule has 1 atom stereocenters. The molecule has 3 nitrogen and oxygen atoms in total. The SMILES string of the molecule is Cc1ccc(NC(=O)[C@@H]2CCCN(Cc3ccccc3)C2)c(C)c1. The van der Waals surface area contributed by atoms with E-state index in [9.17, 15) is 4.79 Å². The molecule has 0 spiro atoms. The molecule has 1 aliphatic heterocycles. The number of hydrogen-bond acceptors (Lipinski definition) is 2. The van der Waals surface area contributed by atoms with Crippen LogP contribution in [0.3, 0.4) is 0 Å². The summed E-state index contributed by atoms with van der Waals surface area (Å²) in [5, 5.41) is 3.13. The van der Waals surface area contributed by atoms with E-state index in [2.05, 4.69) is 47.5 Å². The summed E-state index contributed by atoms with van der Waals surface area (Å²) in [6, 6.07) is 16.7. The molecule has 1 N–H and O–H groups in total. The number of aryl methyl sites for hydroxylation is 2. The molecule has 0 radical (unpaired) electrons. The minimum Gasteiger partial charge on any atom is -0.326 e. The van der Waals surface area contributed by atoms with Crippen molar-refractivity contribution in [2.75, 3.05) is 18.4 Å². The van der Waals surface area contributed by atoms with E-state index in [1.807, 2.05) is 25.1 Å². The maximum Gasteiger partial charge on any atom is 0.228 e. The molecule has 126 valence electrons. The normalized spacial score (nSPS) is 18.3. The highest BCUT2D eigenvalue weighted by atomic mass is 16.1. The van der Waals surface area contributed by atoms with Crippen molar-refractivity contribution in [2.45, 2.75) is 33.2 Å². The Morgan fingerprint density at radius 2 is 1.96 bits per heavy atom. The minimum absolute atomic E-state index is 0.0724. The second-order valence-corrected chi connectivity index (χ2v) is 6.87. The maximum absolute atomic E-state index is 12.7. The first-order valence-corrected chi connectivity index (χ1v) is 8.76. The quantitative estimate of drug-likeness (QED) is 0.917. The van der Waals surface area contributed by atoms with Gasteiger partial charge in [0.25, 0.3) is 0 Å². The molecule has 1 aliphatic rings. The zero-order valence-electron chi connectivity index (χ0n) is 14.6. The molecule has 2 aromatic rings. The Labute approximate surface area is 144 Å². The van der Waals surface area contributed by atoms with Crippen LogP contribution < -0.4 is 5.32 Å². The van der Waals surface area contributed by atoms with Crippen LogP contribution in [0.1, 0.15) is 29.5 Å². The first-order chi connectivity index (χ1) is 11.6. The molecule has 3 heteroatoms. The zero-order chi connectivity index (χ0) is 16.9. The van der Waals surface area contributed by atoms with Gasteiger partial charge >= 0.3 is 0 Å². The fraction of sp³-hybridized carbons (Fsp3) is 0.381. The lowest BCUT2D eigenvalue weighted by molar-refractivity contribution is -0.121. The summed E-state index contributed by atoms with van der Waals surface area (Å²) in [7, 11) is 0. The van der Waals surface area contributed by atoms with Crippen LogP contribution in [0.4, 0.5) is 5.69 Å². The number of carbonyl (C=O) groups is 1. The molecule has 3 rings (SSSR count). The molecule has 1 amide bonds. The molecule has 24 heavy (non-hydrogen) atoms. The van der Waals surface area contributed by atoms with Crippen molar-refractivity contribution in [2.24, 2.45) is 5.92 Å². The van der Waals surface area contributed by atoms with Gasteiger partial charge in [-0.15, -0.1) is 0 Å². The van der Waals surface area contributed by atoms with Crippen molar-refractivity contribution >= 4 is 11.6 Å². The summed E-state index contributed by atoms with van der Waals surface area (Å²) in [4.78, 5) is 15.1. The Bertz CT molecular complexity index is 696. The van der Waals surface area contributed by atoms with Gasteiger partial charge in [-0.1, -0.05) is 48.0 Å². The van der Waals surface area contributed by atoms with E-state index in [1.54, 1.807) is 0 Å². The first-order valence-electron chi connectivity index (χ1n) is 8.76. The third-order valence-electron chi connectivity index (χ3n) is 4.77. The molecule has 1 saturated heterocycles. The van der Waals surface area contributed by atoms with Gasteiger partial charge in [-0.05, 0) is 50.4 Å². The first kappa shape index (κ1) is 16.7. The zero-order valence-corrected chi connectivity index (χ0v) is 14.6. The van der Waals surface area contributed by atoms with E-state index in [0.29, 0.717) is 0 Å². The van der Waals surface area contributed by atoms with Crippen LogP contribution in [0.15, 0.2) is 48.5 Å². The second-order valence-electron chi connectivity index (χ2n) is 6.87. The van der Waals surface area contributed by atoms with Crippen molar-refractivity contribution in [3.05, 3.63) is 65.2 Å². The van der Waals surface area contributed by atoms with Crippen LogP contribution in [0.25, 0.3) is 0 Å². The van der Waals surface area contributed by atoms with Crippen LogP contribution in [0, 0.1) is 19.8 Å². The summed E-state index contributed by atoms with van der Waals surface area (Å²) >= 11 is 0. The van der Waals surface area contributed by atoms with Crippen LogP contribution in [-0.4, -0.2) is 23.9 Å². The lowest BCUT2D eigenvalue weighted by Gasteiger charge is -2.32. The monoisotopic (exact) mass is 322 g/mol. The lowest BCUT2D eigenvalue weighted by atomic mass is 9.96. The molecular formula is C21H26N2O. The standard InChI is InChI=1S/C21H26N2O/c1-16-10-11-20(17(2)13-16)22-21(24)19-9-6-12-23(15-19)14-18-7-4-3-5-8-18/h3-5,7-8,10-11,13,19H,6,9,12,14-15H2,1-2H3,(H,22,24)/t19-/m1/s1. The van der Waals surface area contributed by atoms with E-state index in [4.69, 9.17) is 0 Å². The van der Waals surface area contributed by atoms with Gasteiger partial charge in [0, 0.05) is 18.8 Å². The molecule has 0 unspecified atom stereocenters. The molecule has 1 fully saturated rings. The van der Waals surface area contributed by atoms with Gasteiger partial charge in [0.1, 0.15) is 0 Å². The highest BCUT2D eigenvalue weighted by molar-refractivity contribution is 5.93. The van der Waals surface area contributed by atoms with Gasteiger partial charge < -0.3 is 5.32 Å². The number of nitrogens with one attached hydrogen (secondary N) is 1. The lowest BCUT2D eigenvalue weighted by Crippen LogP contribution is -2.40. The second kappa shape index (κ2) is 7.63. The highest BCUT2D eigenvalue weighted by Crippen LogP contribution is 2.22. The van der Waals surface area contributed by atoms with Gasteiger partial charge in [0.15, 0.2) is 0 Å². The summed E-state index contributed by atoms with van der Waals surface area (Å²) in [5.41, 5.74) is 4.59. The smallest absolute Gasteiger partial charge is 0.228 e. The molecule has 0 bridgehead atoms. The third kappa shape index (κ3) is 4.24. The Morgan fingerprint density at radius 1 is 1.17 bits per heavy atom. The topological polar surface area (TPSA) is 32.3 Å². The number of piperidine rings is 1. The van der Waals surface area contributed by atoms with E-state index in [-0.39, 0.29) is 11.8 Å². The van der Waals surface area contributed by atoms with Crippen molar-refractivity contribution < 1.29 is 4.79 Å².